The number of rotatable bonds is 6. The average molecular weight is 508 g/mol. The van der Waals surface area contributed by atoms with Crippen LogP contribution in [0.2, 0.25) is 0 Å². The molecule has 10 nitrogen and oxygen atoms in total. The Labute approximate surface area is 215 Å². The minimum atomic E-state index is -0.190. The molecule has 6 aromatic rings. The number of aromatic nitrogens is 6. The molecule has 11 heteroatoms. The quantitative estimate of drug-likeness (QED) is 0.285. The minimum absolute atomic E-state index is 0.190. The lowest BCUT2D eigenvalue weighted by Gasteiger charge is -2.10. The van der Waals surface area contributed by atoms with Crippen LogP contribution in [0, 0.1) is 0 Å². The molecular formula is C26H21N9OS. The molecule has 1 amide bonds. The van der Waals surface area contributed by atoms with Gasteiger partial charge in [-0.2, -0.15) is 15.3 Å². The van der Waals surface area contributed by atoms with Gasteiger partial charge in [0.1, 0.15) is 5.82 Å². The van der Waals surface area contributed by atoms with Gasteiger partial charge in [-0.15, -0.1) is 11.3 Å². The third-order valence-corrected chi connectivity index (χ3v) is 6.84. The van der Waals surface area contributed by atoms with Gasteiger partial charge >= 0.3 is 0 Å². The van der Waals surface area contributed by atoms with Crippen LogP contribution < -0.4 is 15.5 Å². The summed E-state index contributed by atoms with van der Waals surface area (Å²) in [4.78, 5) is 24.5. The van der Waals surface area contributed by atoms with Crippen molar-refractivity contribution in [2.45, 2.75) is 0 Å². The Hall–Kier alpha value is -4.90. The van der Waals surface area contributed by atoms with E-state index >= 15 is 0 Å². The lowest BCUT2D eigenvalue weighted by Crippen LogP contribution is -2.10. The number of thiophene rings is 1. The fourth-order valence-electron chi connectivity index (χ4n) is 3.97. The van der Waals surface area contributed by atoms with Crippen LogP contribution in [-0.2, 0) is 0 Å². The molecule has 6 rings (SSSR count). The summed E-state index contributed by atoms with van der Waals surface area (Å²) in [7, 11) is 3.93. The summed E-state index contributed by atoms with van der Waals surface area (Å²) in [6.45, 7) is 0. The number of amides is 1. The number of carbonyl (C=O) groups is 1. The number of aromatic amines is 1. The van der Waals surface area contributed by atoms with E-state index in [1.165, 1.54) is 23.7 Å². The lowest BCUT2D eigenvalue weighted by atomic mass is 10.1. The molecule has 0 aliphatic heterocycles. The first-order chi connectivity index (χ1) is 18.0. The molecule has 0 aliphatic rings. The Balaban J connectivity index is 1.25. The van der Waals surface area contributed by atoms with E-state index in [9.17, 15) is 4.79 Å². The zero-order valence-corrected chi connectivity index (χ0v) is 20.7. The molecular weight excluding hydrogens is 486 g/mol. The zero-order valence-electron chi connectivity index (χ0n) is 19.9. The highest BCUT2D eigenvalue weighted by Crippen LogP contribution is 2.31. The van der Waals surface area contributed by atoms with Crippen molar-refractivity contribution in [2.24, 2.45) is 0 Å². The van der Waals surface area contributed by atoms with E-state index in [4.69, 9.17) is 4.98 Å². The van der Waals surface area contributed by atoms with Crippen LogP contribution in [-0.4, -0.2) is 50.4 Å². The number of benzene rings is 2. The Kier molecular flexibility index (Phi) is 5.66. The molecule has 0 radical (unpaired) electrons. The molecule has 0 saturated heterocycles. The number of hydrogen-bond donors (Lipinski definition) is 3. The van der Waals surface area contributed by atoms with Crippen LogP contribution in [0.3, 0.4) is 0 Å². The molecule has 0 spiro atoms. The Bertz CT molecular complexity index is 1740. The van der Waals surface area contributed by atoms with Crippen molar-refractivity contribution in [1.82, 2.24) is 30.4 Å². The number of hydrogen-bond acceptors (Lipinski definition) is 9. The number of fused-ring (bicyclic) bond motifs is 2. The third-order valence-electron chi connectivity index (χ3n) is 5.74. The maximum Gasteiger partial charge on any atom is 0.265 e. The normalized spacial score (nSPS) is 11.1. The van der Waals surface area contributed by atoms with E-state index < -0.39 is 0 Å². The van der Waals surface area contributed by atoms with Crippen molar-refractivity contribution >= 4 is 61.2 Å². The molecule has 0 atom stereocenters. The summed E-state index contributed by atoms with van der Waals surface area (Å²) in [6.07, 6.45) is 4.77. The first-order valence-electron chi connectivity index (χ1n) is 11.4. The van der Waals surface area contributed by atoms with Gasteiger partial charge in [0.25, 0.3) is 5.91 Å². The highest BCUT2D eigenvalue weighted by Gasteiger charge is 2.13. The fourth-order valence-corrected chi connectivity index (χ4v) is 4.97. The van der Waals surface area contributed by atoms with Crippen LogP contribution in [0.15, 0.2) is 73.2 Å². The molecule has 182 valence electrons. The van der Waals surface area contributed by atoms with Crippen LogP contribution in [0.25, 0.3) is 32.4 Å². The summed E-state index contributed by atoms with van der Waals surface area (Å²) in [6, 6.07) is 17.4. The molecule has 4 aromatic heterocycles. The van der Waals surface area contributed by atoms with Crippen molar-refractivity contribution in [1.29, 1.82) is 0 Å². The Morgan fingerprint density at radius 1 is 0.973 bits per heavy atom. The predicted octanol–water partition coefficient (Wildman–Crippen LogP) is 5.09. The van der Waals surface area contributed by atoms with Gasteiger partial charge in [0.2, 0.25) is 0 Å². The second-order valence-corrected chi connectivity index (χ2v) is 9.62. The number of H-pyrrole nitrogens is 1. The monoisotopic (exact) mass is 507 g/mol. The molecule has 2 aromatic carbocycles. The van der Waals surface area contributed by atoms with E-state index in [0.29, 0.717) is 22.2 Å². The van der Waals surface area contributed by atoms with Crippen molar-refractivity contribution in [3.05, 3.63) is 78.1 Å². The summed E-state index contributed by atoms with van der Waals surface area (Å²) in [5, 5.41) is 23.2. The first kappa shape index (κ1) is 22.6. The number of nitrogens with zero attached hydrogens (tertiary/aromatic N) is 6. The van der Waals surface area contributed by atoms with Crippen molar-refractivity contribution in [3.8, 4) is 11.4 Å². The summed E-state index contributed by atoms with van der Waals surface area (Å²) >= 11 is 1.41. The Morgan fingerprint density at radius 3 is 2.73 bits per heavy atom. The fraction of sp³-hybridized carbons (Fsp3) is 0.0769. The third kappa shape index (κ3) is 4.55. The number of carbonyl (C=O) groups excluding carboxylic acids is 1. The molecule has 0 aliphatic carbocycles. The van der Waals surface area contributed by atoms with Gasteiger partial charge in [0, 0.05) is 41.6 Å². The van der Waals surface area contributed by atoms with Crippen LogP contribution in [0.5, 0.6) is 0 Å². The van der Waals surface area contributed by atoms with Gasteiger partial charge < -0.3 is 15.5 Å². The van der Waals surface area contributed by atoms with Crippen molar-refractivity contribution < 1.29 is 4.79 Å². The van der Waals surface area contributed by atoms with Crippen LogP contribution in [0.4, 0.5) is 23.0 Å². The number of nitrogens with one attached hydrogen (secondary N) is 3. The minimum Gasteiger partial charge on any atom is -0.361 e. The lowest BCUT2D eigenvalue weighted by molar-refractivity contribution is 0.103. The molecule has 0 saturated carbocycles. The average Bonchev–Trinajstić information content (AvgIpc) is 3.53. The molecule has 0 fully saturated rings. The van der Waals surface area contributed by atoms with Gasteiger partial charge in [-0.25, -0.2) is 9.97 Å². The second kappa shape index (κ2) is 9.28. The molecule has 0 bridgehead atoms. The second-order valence-electron chi connectivity index (χ2n) is 8.54. The van der Waals surface area contributed by atoms with Gasteiger partial charge in [-0.1, -0.05) is 12.1 Å². The maximum absolute atomic E-state index is 12.7. The van der Waals surface area contributed by atoms with Gasteiger partial charge in [-0.05, 0) is 47.9 Å². The summed E-state index contributed by atoms with van der Waals surface area (Å²) < 4.78 is 0.971. The van der Waals surface area contributed by atoms with Gasteiger partial charge in [-0.3, -0.25) is 9.89 Å². The standard InChI is InChI=1S/C26H21N9OS/c1-35(2)25-19-13-17(5-6-20(19)33-34-25)30-23-8-9-27-24(32-23)16-4-3-15-11-22(37-21(15)12-16)26(36)31-18-7-10-28-29-14-18/h3-14H,1-2H3,(H,33,34)(H,27,30,32)(H,28,31,36). The van der Waals surface area contributed by atoms with E-state index in [1.807, 2.05) is 67.5 Å². The van der Waals surface area contributed by atoms with Gasteiger partial charge in [0.15, 0.2) is 11.6 Å². The first-order valence-corrected chi connectivity index (χ1v) is 12.2. The van der Waals surface area contributed by atoms with E-state index in [2.05, 4.69) is 36.0 Å². The highest BCUT2D eigenvalue weighted by molar-refractivity contribution is 7.21. The Morgan fingerprint density at radius 2 is 1.89 bits per heavy atom. The van der Waals surface area contributed by atoms with Crippen molar-refractivity contribution in [3.63, 3.8) is 0 Å². The highest BCUT2D eigenvalue weighted by atomic mass is 32.1. The van der Waals surface area contributed by atoms with Crippen LogP contribution in [0.1, 0.15) is 9.67 Å². The molecule has 0 unspecified atom stereocenters. The predicted molar refractivity (Wildman–Crippen MR) is 147 cm³/mol. The summed E-state index contributed by atoms with van der Waals surface area (Å²) in [5.41, 5.74) is 3.33. The smallest absolute Gasteiger partial charge is 0.265 e. The number of anilines is 4. The van der Waals surface area contributed by atoms with Crippen LogP contribution >= 0.6 is 11.3 Å². The van der Waals surface area contributed by atoms with Crippen molar-refractivity contribution in [2.75, 3.05) is 29.6 Å². The molecule has 4 heterocycles. The molecule has 37 heavy (non-hydrogen) atoms. The maximum atomic E-state index is 12.7. The largest absolute Gasteiger partial charge is 0.361 e. The van der Waals surface area contributed by atoms with Gasteiger partial charge in [0.05, 0.1) is 28.5 Å². The van der Waals surface area contributed by atoms with E-state index in [1.54, 1.807) is 12.3 Å². The molecule has 3 N–H and O–H groups in total. The topological polar surface area (TPSA) is 125 Å². The van der Waals surface area contributed by atoms with E-state index in [-0.39, 0.29) is 5.91 Å². The zero-order chi connectivity index (χ0) is 25.4. The van der Waals surface area contributed by atoms with E-state index in [0.717, 1.165) is 38.1 Å². The SMILES string of the molecule is CN(C)c1n[nH]c2ccc(Nc3ccnc(-c4ccc5cc(C(=O)Nc6ccnnc6)sc5c4)n3)cc12. The summed E-state index contributed by atoms with van der Waals surface area (Å²) in [5.74, 6) is 1.95.